The van der Waals surface area contributed by atoms with E-state index in [-0.39, 0.29) is 40.7 Å². The van der Waals surface area contributed by atoms with Crippen LogP contribution in [0.5, 0.6) is 0 Å². The molecule has 2 aliphatic rings. The first-order valence-corrected chi connectivity index (χ1v) is 7.73. The Morgan fingerprint density at radius 1 is 1.32 bits per heavy atom. The molecule has 0 unspecified atom stereocenters. The predicted octanol–water partition coefficient (Wildman–Crippen LogP) is 3.77. The number of carbonyl (C=O) groups is 1. The number of nitrogens with two attached hydrogens (primary N) is 1. The third-order valence-electron chi connectivity index (χ3n) is 4.41. The average molecular weight is 348 g/mol. The molecule has 0 amide bonds. The zero-order valence-electron chi connectivity index (χ0n) is 13.4. The van der Waals surface area contributed by atoms with Gasteiger partial charge in [0.05, 0.1) is 11.5 Å². The van der Waals surface area contributed by atoms with Crippen molar-refractivity contribution in [2.24, 2.45) is 11.7 Å². The molecule has 0 bridgehead atoms. The number of hydrogen-bond donors (Lipinski definition) is 1. The normalized spacial score (nSPS) is 23.9. The van der Waals surface area contributed by atoms with Gasteiger partial charge in [-0.25, -0.2) is 0 Å². The Hall–Kier alpha value is -2.75. The summed E-state index contributed by atoms with van der Waals surface area (Å²) in [6, 6.07) is 6.51. The van der Waals surface area contributed by atoms with Crippen LogP contribution >= 0.6 is 0 Å². The molecule has 7 heteroatoms. The summed E-state index contributed by atoms with van der Waals surface area (Å²) in [5.74, 6) is -0.925. The van der Waals surface area contributed by atoms with E-state index in [4.69, 9.17) is 10.5 Å². The molecular weight excluding hydrogens is 333 g/mol. The quantitative estimate of drug-likeness (QED) is 0.838. The standard InChI is InChI=1S/C18H15F3N2O2/c1-9-5-13(24)16-14(6-9)25-17(23)12(8-22)15(16)10-3-2-4-11(7-10)18(19,20)21/h2-4,7,9,15H,5-6,23H2,1H3/t9-,15-/m1/s1. The van der Waals surface area contributed by atoms with Gasteiger partial charge in [0, 0.05) is 18.4 Å². The molecule has 25 heavy (non-hydrogen) atoms. The number of halogens is 3. The summed E-state index contributed by atoms with van der Waals surface area (Å²) in [6.07, 6.45) is -3.81. The van der Waals surface area contributed by atoms with Gasteiger partial charge in [0.15, 0.2) is 5.78 Å². The zero-order valence-corrected chi connectivity index (χ0v) is 13.4. The first kappa shape index (κ1) is 17.1. The highest BCUT2D eigenvalue weighted by Crippen LogP contribution is 2.45. The summed E-state index contributed by atoms with van der Waals surface area (Å²) in [4.78, 5) is 12.5. The van der Waals surface area contributed by atoms with Crippen LogP contribution in [0.1, 0.15) is 36.8 Å². The van der Waals surface area contributed by atoms with Crippen molar-refractivity contribution in [1.29, 1.82) is 5.26 Å². The van der Waals surface area contributed by atoms with Gasteiger partial charge < -0.3 is 10.5 Å². The van der Waals surface area contributed by atoms with Gasteiger partial charge >= 0.3 is 6.18 Å². The molecule has 130 valence electrons. The lowest BCUT2D eigenvalue weighted by atomic mass is 9.75. The second-order valence-electron chi connectivity index (χ2n) is 6.32. The number of ether oxygens (including phenoxy) is 1. The largest absolute Gasteiger partial charge is 0.444 e. The maximum absolute atomic E-state index is 13.0. The van der Waals surface area contributed by atoms with Gasteiger partial charge in [-0.2, -0.15) is 18.4 Å². The van der Waals surface area contributed by atoms with Crippen molar-refractivity contribution in [3.63, 3.8) is 0 Å². The lowest BCUT2D eigenvalue weighted by Gasteiger charge is -2.33. The number of ketones is 1. The Balaban J connectivity index is 2.18. The van der Waals surface area contributed by atoms with Crippen LogP contribution in [-0.4, -0.2) is 5.78 Å². The van der Waals surface area contributed by atoms with Crippen LogP contribution in [0.15, 0.2) is 47.1 Å². The highest BCUT2D eigenvalue weighted by atomic mass is 19.4. The molecule has 3 rings (SSSR count). The van der Waals surface area contributed by atoms with Crippen LogP contribution in [0.4, 0.5) is 13.2 Å². The van der Waals surface area contributed by atoms with E-state index in [0.29, 0.717) is 12.2 Å². The fourth-order valence-corrected chi connectivity index (χ4v) is 3.32. The lowest BCUT2D eigenvalue weighted by molar-refractivity contribution is -0.137. The summed E-state index contributed by atoms with van der Waals surface area (Å²) in [5.41, 5.74) is 5.36. The minimum Gasteiger partial charge on any atom is -0.444 e. The number of allylic oxidation sites excluding steroid dienone is 3. The fraction of sp³-hybridized carbons (Fsp3) is 0.333. The smallest absolute Gasteiger partial charge is 0.416 e. The van der Waals surface area contributed by atoms with Crippen molar-refractivity contribution in [2.75, 3.05) is 0 Å². The fourth-order valence-electron chi connectivity index (χ4n) is 3.32. The van der Waals surface area contributed by atoms with Gasteiger partial charge in [-0.3, -0.25) is 4.79 Å². The van der Waals surface area contributed by atoms with E-state index in [0.717, 1.165) is 12.1 Å². The van der Waals surface area contributed by atoms with E-state index in [1.165, 1.54) is 12.1 Å². The number of benzene rings is 1. The van der Waals surface area contributed by atoms with E-state index in [1.807, 2.05) is 13.0 Å². The third kappa shape index (κ3) is 3.00. The number of alkyl halides is 3. The number of nitriles is 1. The summed E-state index contributed by atoms with van der Waals surface area (Å²) in [7, 11) is 0. The van der Waals surface area contributed by atoms with Gasteiger partial charge in [-0.05, 0) is 17.5 Å². The summed E-state index contributed by atoms with van der Waals surface area (Å²) >= 11 is 0. The van der Waals surface area contributed by atoms with E-state index < -0.39 is 17.7 Å². The zero-order chi connectivity index (χ0) is 18.4. The summed E-state index contributed by atoms with van der Waals surface area (Å²) in [5, 5.41) is 9.43. The van der Waals surface area contributed by atoms with Gasteiger partial charge in [-0.1, -0.05) is 25.1 Å². The molecule has 0 saturated carbocycles. The number of rotatable bonds is 1. The minimum atomic E-state index is -4.52. The van der Waals surface area contributed by atoms with Crippen molar-refractivity contribution in [1.82, 2.24) is 0 Å². The number of nitrogens with zero attached hydrogens (tertiary/aromatic N) is 1. The minimum absolute atomic E-state index is 0.0408. The molecule has 0 spiro atoms. The van der Waals surface area contributed by atoms with E-state index >= 15 is 0 Å². The van der Waals surface area contributed by atoms with Gasteiger partial charge in [-0.15, -0.1) is 0 Å². The molecule has 1 heterocycles. The number of Topliss-reactive ketones (excluding diaryl/α,β-unsaturated/α-hetero) is 1. The van der Waals surface area contributed by atoms with Gasteiger partial charge in [0.2, 0.25) is 5.88 Å². The van der Waals surface area contributed by atoms with E-state index in [1.54, 1.807) is 0 Å². The monoisotopic (exact) mass is 348 g/mol. The summed E-state index contributed by atoms with van der Waals surface area (Å²) in [6.45, 7) is 1.88. The molecule has 1 aliphatic heterocycles. The molecule has 0 fully saturated rings. The molecule has 1 aromatic carbocycles. The average Bonchev–Trinajstić information content (AvgIpc) is 2.52. The second-order valence-corrected chi connectivity index (χ2v) is 6.32. The van der Waals surface area contributed by atoms with Crippen molar-refractivity contribution >= 4 is 5.78 Å². The Bertz CT molecular complexity index is 847. The molecule has 1 aliphatic carbocycles. The molecule has 0 radical (unpaired) electrons. The van der Waals surface area contributed by atoms with Crippen LogP contribution in [0.25, 0.3) is 0 Å². The number of hydrogen-bond acceptors (Lipinski definition) is 4. The second kappa shape index (κ2) is 5.96. The first-order valence-electron chi connectivity index (χ1n) is 7.73. The maximum Gasteiger partial charge on any atom is 0.416 e. The summed E-state index contributed by atoms with van der Waals surface area (Å²) < 4.78 is 44.6. The Morgan fingerprint density at radius 2 is 2.04 bits per heavy atom. The maximum atomic E-state index is 13.0. The lowest BCUT2D eigenvalue weighted by Crippen LogP contribution is -2.29. The first-order chi connectivity index (χ1) is 11.7. The van der Waals surface area contributed by atoms with Crippen molar-refractivity contribution in [2.45, 2.75) is 31.9 Å². The van der Waals surface area contributed by atoms with Crippen molar-refractivity contribution in [3.05, 3.63) is 58.2 Å². The van der Waals surface area contributed by atoms with Gasteiger partial charge in [0.25, 0.3) is 0 Å². The molecular formula is C18H15F3N2O2. The van der Waals surface area contributed by atoms with E-state index in [9.17, 15) is 23.2 Å². The Kier molecular flexibility index (Phi) is 4.07. The highest BCUT2D eigenvalue weighted by molar-refractivity contribution is 5.99. The number of carbonyl (C=O) groups excluding carboxylic acids is 1. The van der Waals surface area contributed by atoms with Crippen LogP contribution in [0, 0.1) is 17.2 Å². The SMILES string of the molecule is C[C@@H]1CC(=O)C2=C(C1)OC(N)=C(C#N)[C@H]2c1cccc(C(F)(F)F)c1. The Labute approximate surface area is 142 Å². The van der Waals surface area contributed by atoms with Crippen LogP contribution in [0.2, 0.25) is 0 Å². The molecule has 1 aromatic rings. The van der Waals surface area contributed by atoms with Crippen molar-refractivity contribution < 1.29 is 22.7 Å². The topological polar surface area (TPSA) is 76.1 Å². The highest BCUT2D eigenvalue weighted by Gasteiger charge is 2.40. The van der Waals surface area contributed by atoms with Crippen molar-refractivity contribution in [3.8, 4) is 6.07 Å². The Morgan fingerprint density at radius 3 is 2.68 bits per heavy atom. The van der Waals surface area contributed by atoms with Crippen LogP contribution < -0.4 is 5.73 Å². The molecule has 0 saturated heterocycles. The van der Waals surface area contributed by atoms with Crippen LogP contribution in [-0.2, 0) is 15.7 Å². The molecule has 2 atom stereocenters. The van der Waals surface area contributed by atoms with Gasteiger partial charge in [0.1, 0.15) is 17.4 Å². The van der Waals surface area contributed by atoms with E-state index in [2.05, 4.69) is 0 Å². The third-order valence-corrected chi connectivity index (χ3v) is 4.41. The predicted molar refractivity (Wildman–Crippen MR) is 82.5 cm³/mol. The molecule has 2 N–H and O–H groups in total. The molecule has 4 nitrogen and oxygen atoms in total. The van der Waals surface area contributed by atoms with Crippen LogP contribution in [0.3, 0.4) is 0 Å². The molecule has 0 aromatic heterocycles.